The molecule has 1 aromatic heterocycles. The Bertz CT molecular complexity index is 648. The lowest BCUT2D eigenvalue weighted by Crippen LogP contribution is -2.50. The summed E-state index contributed by atoms with van der Waals surface area (Å²) in [4.78, 5) is 13.3. The summed E-state index contributed by atoms with van der Waals surface area (Å²) in [5, 5.41) is 0. The third-order valence-corrected chi connectivity index (χ3v) is 5.32. The van der Waals surface area contributed by atoms with Gasteiger partial charge in [-0.3, -0.25) is 4.90 Å². The molecule has 0 unspecified atom stereocenters. The first-order valence-corrected chi connectivity index (χ1v) is 8.93. The average molecular weight is 326 g/mol. The molecule has 128 valence electrons. The molecule has 0 amide bonds. The van der Waals surface area contributed by atoms with Gasteiger partial charge in [-0.05, 0) is 38.5 Å². The maximum Gasteiger partial charge on any atom is 0.126 e. The number of rotatable bonds is 3. The molecule has 5 heteroatoms. The molecule has 1 atom stereocenters. The standard InChI is InChI=1S/C19H26N4O/c1-22-9-7-16(8-10-22)23-11-12-24-14-18(23)19-20-13-17(21-19)15-5-3-2-4-6-15/h2-6,13,16,18H,7-12,14H2,1H3,(H,20,21)/t18-/m0/s1. The lowest BCUT2D eigenvalue weighted by Gasteiger charge is -2.43. The predicted molar refractivity (Wildman–Crippen MR) is 94.8 cm³/mol. The highest BCUT2D eigenvalue weighted by atomic mass is 16.5. The summed E-state index contributed by atoms with van der Waals surface area (Å²) in [6.45, 7) is 4.92. The van der Waals surface area contributed by atoms with Crippen LogP contribution in [0, 0.1) is 0 Å². The molecule has 2 aromatic rings. The number of aromatic amines is 1. The van der Waals surface area contributed by atoms with E-state index in [9.17, 15) is 0 Å². The Hall–Kier alpha value is -1.69. The lowest BCUT2D eigenvalue weighted by atomic mass is 10.0. The number of H-pyrrole nitrogens is 1. The van der Waals surface area contributed by atoms with Gasteiger partial charge in [0.1, 0.15) is 5.82 Å². The van der Waals surface area contributed by atoms with Crippen LogP contribution in [0.25, 0.3) is 11.3 Å². The number of ether oxygens (including phenoxy) is 1. The first-order valence-electron chi connectivity index (χ1n) is 8.93. The quantitative estimate of drug-likeness (QED) is 0.941. The molecule has 1 N–H and O–H groups in total. The van der Waals surface area contributed by atoms with Crippen molar-refractivity contribution in [1.29, 1.82) is 0 Å². The number of likely N-dealkylation sites (tertiary alicyclic amines) is 1. The molecule has 5 nitrogen and oxygen atoms in total. The number of aromatic nitrogens is 2. The smallest absolute Gasteiger partial charge is 0.126 e. The molecular formula is C19H26N4O. The van der Waals surface area contributed by atoms with Crippen molar-refractivity contribution in [3.05, 3.63) is 42.4 Å². The van der Waals surface area contributed by atoms with Crippen LogP contribution in [-0.2, 0) is 4.74 Å². The number of nitrogens with one attached hydrogen (secondary N) is 1. The van der Waals surface area contributed by atoms with Gasteiger partial charge in [0.15, 0.2) is 0 Å². The van der Waals surface area contributed by atoms with Crippen molar-refractivity contribution in [3.63, 3.8) is 0 Å². The normalized spacial score (nSPS) is 24.3. The van der Waals surface area contributed by atoms with Crippen LogP contribution in [0.1, 0.15) is 24.7 Å². The number of imidazole rings is 1. The van der Waals surface area contributed by atoms with Crippen LogP contribution in [0.2, 0.25) is 0 Å². The molecule has 2 saturated heterocycles. The van der Waals surface area contributed by atoms with Gasteiger partial charge in [0.2, 0.25) is 0 Å². The Morgan fingerprint density at radius 2 is 1.92 bits per heavy atom. The molecule has 3 heterocycles. The Labute approximate surface area is 143 Å². The summed E-state index contributed by atoms with van der Waals surface area (Å²) in [5.41, 5.74) is 2.26. The summed E-state index contributed by atoms with van der Waals surface area (Å²) in [7, 11) is 2.21. The topological polar surface area (TPSA) is 44.4 Å². The molecule has 0 spiro atoms. The minimum absolute atomic E-state index is 0.240. The summed E-state index contributed by atoms with van der Waals surface area (Å²) in [6, 6.07) is 11.3. The van der Waals surface area contributed by atoms with Crippen LogP contribution in [0.5, 0.6) is 0 Å². The molecule has 1 aromatic carbocycles. The van der Waals surface area contributed by atoms with E-state index in [0.717, 1.165) is 31.3 Å². The second-order valence-corrected chi connectivity index (χ2v) is 6.91. The number of benzene rings is 1. The van der Waals surface area contributed by atoms with Crippen molar-refractivity contribution >= 4 is 0 Å². The van der Waals surface area contributed by atoms with Gasteiger partial charge in [-0.2, -0.15) is 0 Å². The molecule has 0 saturated carbocycles. The van der Waals surface area contributed by atoms with E-state index in [4.69, 9.17) is 4.74 Å². The maximum absolute atomic E-state index is 5.78. The van der Waals surface area contributed by atoms with Gasteiger partial charge in [-0.15, -0.1) is 0 Å². The first-order chi connectivity index (χ1) is 11.8. The van der Waals surface area contributed by atoms with E-state index in [2.05, 4.69) is 51.1 Å². The van der Waals surface area contributed by atoms with Gasteiger partial charge in [-0.25, -0.2) is 4.98 Å². The zero-order chi connectivity index (χ0) is 16.4. The highest BCUT2D eigenvalue weighted by Gasteiger charge is 2.33. The zero-order valence-corrected chi connectivity index (χ0v) is 14.3. The molecule has 2 aliphatic rings. The SMILES string of the molecule is CN1CCC(N2CCOC[C@H]2c2ncc(-c3ccccc3)[nH]2)CC1. The van der Waals surface area contributed by atoms with E-state index in [1.165, 1.54) is 31.5 Å². The van der Waals surface area contributed by atoms with Crippen molar-refractivity contribution in [1.82, 2.24) is 19.8 Å². The van der Waals surface area contributed by atoms with Crippen LogP contribution in [0.4, 0.5) is 0 Å². The summed E-state index contributed by atoms with van der Waals surface area (Å²) < 4.78 is 5.78. The van der Waals surface area contributed by atoms with Crippen LogP contribution in [0.15, 0.2) is 36.5 Å². The fraction of sp³-hybridized carbons (Fsp3) is 0.526. The van der Waals surface area contributed by atoms with Crippen molar-refractivity contribution in [2.24, 2.45) is 0 Å². The lowest BCUT2D eigenvalue weighted by molar-refractivity contribution is -0.0441. The van der Waals surface area contributed by atoms with Crippen molar-refractivity contribution < 1.29 is 4.74 Å². The fourth-order valence-electron chi connectivity index (χ4n) is 3.89. The van der Waals surface area contributed by atoms with Gasteiger partial charge in [-0.1, -0.05) is 30.3 Å². The van der Waals surface area contributed by atoms with E-state index < -0.39 is 0 Å². The Balaban J connectivity index is 1.54. The Morgan fingerprint density at radius 1 is 1.12 bits per heavy atom. The van der Waals surface area contributed by atoms with Crippen LogP contribution < -0.4 is 0 Å². The molecule has 0 aliphatic carbocycles. The van der Waals surface area contributed by atoms with E-state index in [-0.39, 0.29) is 6.04 Å². The van der Waals surface area contributed by atoms with Crippen molar-refractivity contribution in [2.45, 2.75) is 24.9 Å². The van der Waals surface area contributed by atoms with Crippen molar-refractivity contribution in [2.75, 3.05) is 39.9 Å². The number of morpholine rings is 1. The highest BCUT2D eigenvalue weighted by molar-refractivity contribution is 5.58. The minimum atomic E-state index is 0.240. The number of hydrogen-bond acceptors (Lipinski definition) is 4. The fourth-order valence-corrected chi connectivity index (χ4v) is 3.89. The molecule has 4 rings (SSSR count). The largest absolute Gasteiger partial charge is 0.378 e. The van der Waals surface area contributed by atoms with Crippen LogP contribution in [0.3, 0.4) is 0 Å². The molecule has 0 bridgehead atoms. The van der Waals surface area contributed by atoms with Crippen LogP contribution >= 0.6 is 0 Å². The summed E-state index contributed by atoms with van der Waals surface area (Å²) in [6.07, 6.45) is 4.42. The third kappa shape index (κ3) is 3.24. The van der Waals surface area contributed by atoms with E-state index in [0.29, 0.717) is 6.04 Å². The second kappa shape index (κ2) is 7.05. The maximum atomic E-state index is 5.78. The molecule has 24 heavy (non-hydrogen) atoms. The van der Waals surface area contributed by atoms with Gasteiger partial charge in [0.25, 0.3) is 0 Å². The van der Waals surface area contributed by atoms with Crippen LogP contribution in [-0.4, -0.2) is 65.7 Å². The average Bonchev–Trinajstić information content (AvgIpc) is 3.13. The molecule has 0 radical (unpaired) electrons. The van der Waals surface area contributed by atoms with Gasteiger partial charge < -0.3 is 14.6 Å². The van der Waals surface area contributed by atoms with E-state index >= 15 is 0 Å². The summed E-state index contributed by atoms with van der Waals surface area (Å²) >= 11 is 0. The Morgan fingerprint density at radius 3 is 2.71 bits per heavy atom. The minimum Gasteiger partial charge on any atom is -0.378 e. The predicted octanol–water partition coefficient (Wildman–Crippen LogP) is 2.54. The monoisotopic (exact) mass is 326 g/mol. The van der Waals surface area contributed by atoms with Gasteiger partial charge >= 0.3 is 0 Å². The van der Waals surface area contributed by atoms with Crippen molar-refractivity contribution in [3.8, 4) is 11.3 Å². The second-order valence-electron chi connectivity index (χ2n) is 6.91. The van der Waals surface area contributed by atoms with Gasteiger partial charge in [0, 0.05) is 12.6 Å². The zero-order valence-electron chi connectivity index (χ0n) is 14.3. The number of nitrogens with zero attached hydrogens (tertiary/aromatic N) is 3. The van der Waals surface area contributed by atoms with E-state index in [1.54, 1.807) is 0 Å². The third-order valence-electron chi connectivity index (χ3n) is 5.32. The molecule has 2 aliphatic heterocycles. The summed E-state index contributed by atoms with van der Waals surface area (Å²) in [5.74, 6) is 1.03. The van der Waals surface area contributed by atoms with E-state index in [1.807, 2.05) is 12.3 Å². The number of piperidine rings is 1. The molecule has 2 fully saturated rings. The first kappa shape index (κ1) is 15.8. The van der Waals surface area contributed by atoms with Gasteiger partial charge in [0.05, 0.1) is 31.1 Å². The number of hydrogen-bond donors (Lipinski definition) is 1. The molecular weight excluding hydrogens is 300 g/mol. The highest BCUT2D eigenvalue weighted by Crippen LogP contribution is 2.29. The Kier molecular flexibility index (Phi) is 4.65.